The van der Waals surface area contributed by atoms with Crippen LogP contribution in [0.15, 0.2) is 11.6 Å². The molecule has 0 unspecified atom stereocenters. The van der Waals surface area contributed by atoms with E-state index in [-0.39, 0.29) is 6.29 Å². The van der Waals surface area contributed by atoms with Crippen molar-refractivity contribution in [2.24, 2.45) is 0 Å². The van der Waals surface area contributed by atoms with Gasteiger partial charge in [0.05, 0.1) is 13.2 Å². The molecule has 56 valence electrons. The Morgan fingerprint density at radius 3 is 2.70 bits per heavy atom. The van der Waals surface area contributed by atoms with Gasteiger partial charge in [-0.15, -0.1) is 0 Å². The highest BCUT2D eigenvalue weighted by Gasteiger charge is 2.21. The second-order valence-electron chi connectivity index (χ2n) is 2.74. The minimum absolute atomic E-state index is 0.0162. The van der Waals surface area contributed by atoms with Crippen molar-refractivity contribution in [3.63, 3.8) is 0 Å². The predicted octanol–water partition coefficient (Wildman–Crippen LogP) is 1.47. The van der Waals surface area contributed by atoms with Crippen molar-refractivity contribution in [3.8, 4) is 0 Å². The quantitative estimate of drug-likeness (QED) is 0.513. The lowest BCUT2D eigenvalue weighted by Crippen LogP contribution is -2.09. The molecule has 1 fully saturated rings. The molecule has 0 spiro atoms. The Morgan fingerprint density at radius 1 is 1.30 bits per heavy atom. The van der Waals surface area contributed by atoms with Crippen LogP contribution in [0.2, 0.25) is 0 Å². The molecule has 0 aromatic heterocycles. The molecule has 10 heavy (non-hydrogen) atoms. The molecular weight excluding hydrogens is 128 g/mol. The first-order valence-electron chi connectivity index (χ1n) is 3.89. The van der Waals surface area contributed by atoms with Crippen LogP contribution in [0, 0.1) is 0 Å². The minimum Gasteiger partial charge on any atom is -0.346 e. The maximum atomic E-state index is 5.35. The van der Waals surface area contributed by atoms with E-state index in [1.54, 1.807) is 0 Å². The highest BCUT2D eigenvalue weighted by atomic mass is 16.7. The lowest BCUT2D eigenvalue weighted by atomic mass is 10.2. The molecule has 2 rings (SSSR count). The third-order valence-electron chi connectivity index (χ3n) is 2.00. The van der Waals surface area contributed by atoms with Gasteiger partial charge >= 0.3 is 0 Å². The van der Waals surface area contributed by atoms with Gasteiger partial charge in [0.15, 0.2) is 6.29 Å². The smallest absolute Gasteiger partial charge is 0.179 e. The summed E-state index contributed by atoms with van der Waals surface area (Å²) >= 11 is 0. The van der Waals surface area contributed by atoms with Crippen LogP contribution in [0.5, 0.6) is 0 Å². The number of hydrogen-bond acceptors (Lipinski definition) is 2. The van der Waals surface area contributed by atoms with Crippen LogP contribution in [-0.4, -0.2) is 19.5 Å². The highest BCUT2D eigenvalue weighted by Crippen LogP contribution is 2.25. The van der Waals surface area contributed by atoms with Crippen molar-refractivity contribution in [3.05, 3.63) is 11.6 Å². The van der Waals surface area contributed by atoms with Gasteiger partial charge in [-0.1, -0.05) is 6.08 Å². The average Bonchev–Trinajstić information content (AvgIpc) is 2.59. The lowest BCUT2D eigenvalue weighted by molar-refractivity contribution is -0.0126. The highest BCUT2D eigenvalue weighted by molar-refractivity contribution is 5.10. The van der Waals surface area contributed by atoms with Crippen LogP contribution in [0.1, 0.15) is 19.3 Å². The fourth-order valence-electron chi connectivity index (χ4n) is 1.48. The summed E-state index contributed by atoms with van der Waals surface area (Å²) in [7, 11) is 0. The summed E-state index contributed by atoms with van der Waals surface area (Å²) in [6, 6.07) is 0. The van der Waals surface area contributed by atoms with Crippen LogP contribution in [-0.2, 0) is 9.47 Å². The van der Waals surface area contributed by atoms with E-state index < -0.39 is 0 Å². The van der Waals surface area contributed by atoms with Crippen LogP contribution in [0.4, 0.5) is 0 Å². The van der Waals surface area contributed by atoms with E-state index in [9.17, 15) is 0 Å². The maximum absolute atomic E-state index is 5.35. The van der Waals surface area contributed by atoms with Crippen molar-refractivity contribution in [1.29, 1.82) is 0 Å². The average molecular weight is 140 g/mol. The van der Waals surface area contributed by atoms with E-state index in [4.69, 9.17) is 9.47 Å². The first kappa shape index (κ1) is 6.38. The number of hydrogen-bond donors (Lipinski definition) is 0. The van der Waals surface area contributed by atoms with Gasteiger partial charge in [0.1, 0.15) is 0 Å². The summed E-state index contributed by atoms with van der Waals surface area (Å²) < 4.78 is 10.7. The fourth-order valence-corrected chi connectivity index (χ4v) is 1.48. The van der Waals surface area contributed by atoms with E-state index in [0.29, 0.717) is 0 Å². The third-order valence-corrected chi connectivity index (χ3v) is 2.00. The Hall–Kier alpha value is -0.340. The SMILES string of the molecule is C1=C(C2OCCO2)CCC1. The zero-order valence-electron chi connectivity index (χ0n) is 6.01. The van der Waals surface area contributed by atoms with Crippen LogP contribution >= 0.6 is 0 Å². The number of allylic oxidation sites excluding steroid dienone is 1. The van der Waals surface area contributed by atoms with Gasteiger partial charge in [-0.3, -0.25) is 0 Å². The topological polar surface area (TPSA) is 18.5 Å². The molecule has 1 aliphatic heterocycles. The van der Waals surface area contributed by atoms with Gasteiger partial charge in [0.2, 0.25) is 0 Å². The van der Waals surface area contributed by atoms with Crippen molar-refractivity contribution in [1.82, 2.24) is 0 Å². The van der Waals surface area contributed by atoms with Gasteiger partial charge < -0.3 is 9.47 Å². The molecule has 0 saturated carbocycles. The summed E-state index contributed by atoms with van der Waals surface area (Å²) in [6.07, 6.45) is 5.92. The van der Waals surface area contributed by atoms with E-state index in [2.05, 4.69) is 6.08 Å². The first-order valence-corrected chi connectivity index (χ1v) is 3.89. The molecule has 1 aliphatic carbocycles. The molecule has 0 aromatic carbocycles. The summed E-state index contributed by atoms with van der Waals surface area (Å²) in [4.78, 5) is 0. The lowest BCUT2D eigenvalue weighted by Gasteiger charge is -2.08. The summed E-state index contributed by atoms with van der Waals surface area (Å²) in [5, 5.41) is 0. The Morgan fingerprint density at radius 2 is 2.10 bits per heavy atom. The van der Waals surface area contributed by atoms with E-state index in [1.165, 1.54) is 24.8 Å². The molecule has 0 aromatic rings. The minimum atomic E-state index is 0.0162. The second kappa shape index (κ2) is 2.72. The van der Waals surface area contributed by atoms with Gasteiger partial charge in [-0.25, -0.2) is 0 Å². The number of rotatable bonds is 1. The maximum Gasteiger partial charge on any atom is 0.179 e. The van der Waals surface area contributed by atoms with Crippen LogP contribution < -0.4 is 0 Å². The van der Waals surface area contributed by atoms with Crippen molar-refractivity contribution in [2.75, 3.05) is 13.2 Å². The molecule has 1 saturated heterocycles. The van der Waals surface area contributed by atoms with Gasteiger partial charge in [0, 0.05) is 0 Å². The zero-order chi connectivity index (χ0) is 6.81. The van der Waals surface area contributed by atoms with Crippen LogP contribution in [0.25, 0.3) is 0 Å². The summed E-state index contributed by atoms with van der Waals surface area (Å²) in [6.45, 7) is 1.53. The monoisotopic (exact) mass is 140 g/mol. The molecule has 0 N–H and O–H groups in total. The largest absolute Gasteiger partial charge is 0.346 e. The Kier molecular flexibility index (Phi) is 1.74. The zero-order valence-corrected chi connectivity index (χ0v) is 6.01. The van der Waals surface area contributed by atoms with Crippen LogP contribution in [0.3, 0.4) is 0 Å². The molecule has 1 heterocycles. The molecule has 0 radical (unpaired) electrons. The third kappa shape index (κ3) is 1.09. The summed E-state index contributed by atoms with van der Waals surface area (Å²) in [5.74, 6) is 0. The van der Waals surface area contributed by atoms with Crippen molar-refractivity contribution >= 4 is 0 Å². The standard InChI is InChI=1S/C8H12O2/c1-2-4-7(3-1)8-9-5-6-10-8/h3,8H,1-2,4-6H2. The normalized spacial score (nSPS) is 27.4. The van der Waals surface area contributed by atoms with E-state index >= 15 is 0 Å². The number of ether oxygens (including phenoxy) is 2. The second-order valence-corrected chi connectivity index (χ2v) is 2.74. The molecule has 2 aliphatic rings. The molecule has 2 heteroatoms. The molecule has 0 amide bonds. The van der Waals surface area contributed by atoms with Crippen molar-refractivity contribution < 1.29 is 9.47 Å². The Bertz CT molecular complexity index is 145. The van der Waals surface area contributed by atoms with Gasteiger partial charge in [-0.05, 0) is 24.8 Å². The molecule has 0 bridgehead atoms. The van der Waals surface area contributed by atoms with E-state index in [1.807, 2.05) is 0 Å². The molecule has 0 atom stereocenters. The fraction of sp³-hybridized carbons (Fsp3) is 0.750. The first-order chi connectivity index (χ1) is 4.97. The predicted molar refractivity (Wildman–Crippen MR) is 37.6 cm³/mol. The van der Waals surface area contributed by atoms with Crippen molar-refractivity contribution in [2.45, 2.75) is 25.6 Å². The molecular formula is C8H12O2. The van der Waals surface area contributed by atoms with Gasteiger partial charge in [0.25, 0.3) is 0 Å². The Balaban J connectivity index is 1.97. The van der Waals surface area contributed by atoms with E-state index in [0.717, 1.165) is 13.2 Å². The van der Waals surface area contributed by atoms with Gasteiger partial charge in [-0.2, -0.15) is 0 Å². The summed E-state index contributed by atoms with van der Waals surface area (Å²) in [5.41, 5.74) is 1.36. The molecule has 2 nitrogen and oxygen atoms in total. The Labute approximate surface area is 60.8 Å².